The smallest absolute Gasteiger partial charge is 0.230 e. The molecule has 0 atom stereocenters. The van der Waals surface area contributed by atoms with Gasteiger partial charge < -0.3 is 20.4 Å². The third-order valence-corrected chi connectivity index (χ3v) is 5.77. The van der Waals surface area contributed by atoms with Gasteiger partial charge in [-0.1, -0.05) is 19.8 Å². The number of amides is 1. The Morgan fingerprint density at radius 3 is 2.38 bits per heavy atom. The van der Waals surface area contributed by atoms with E-state index in [1.807, 2.05) is 14.1 Å². The SMILES string of the molecule is CCCN1CCC(NC(=NCC2(C(=O)N(C)C)CCCC2)NCC)CC1. The maximum absolute atomic E-state index is 12.7. The number of hydrogen-bond acceptors (Lipinski definition) is 3. The summed E-state index contributed by atoms with van der Waals surface area (Å²) in [4.78, 5) is 21.9. The predicted octanol–water partition coefficient (Wildman–Crippen LogP) is 2.06. The fourth-order valence-electron chi connectivity index (χ4n) is 4.33. The lowest BCUT2D eigenvalue weighted by atomic mass is 9.85. The molecule has 0 aromatic carbocycles. The van der Waals surface area contributed by atoms with Crippen LogP contribution in [0.25, 0.3) is 0 Å². The molecule has 0 unspecified atom stereocenters. The van der Waals surface area contributed by atoms with E-state index in [0.29, 0.717) is 12.6 Å². The number of carbonyl (C=O) groups is 1. The van der Waals surface area contributed by atoms with Crippen LogP contribution in [-0.4, -0.2) is 74.5 Å². The molecule has 2 rings (SSSR count). The predicted molar refractivity (Wildman–Crippen MR) is 108 cm³/mol. The van der Waals surface area contributed by atoms with Crippen LogP contribution in [0.15, 0.2) is 4.99 Å². The highest BCUT2D eigenvalue weighted by Gasteiger charge is 2.42. The van der Waals surface area contributed by atoms with Gasteiger partial charge in [-0.3, -0.25) is 9.79 Å². The first-order valence-electron chi connectivity index (χ1n) is 10.5. The molecule has 2 fully saturated rings. The molecule has 6 nitrogen and oxygen atoms in total. The lowest BCUT2D eigenvalue weighted by molar-refractivity contribution is -0.138. The summed E-state index contributed by atoms with van der Waals surface area (Å²) in [5.41, 5.74) is -0.295. The molecule has 1 heterocycles. The molecule has 0 spiro atoms. The number of carbonyl (C=O) groups excluding carboxylic acids is 1. The Labute approximate surface area is 159 Å². The molecule has 2 aliphatic rings. The Morgan fingerprint density at radius 1 is 1.19 bits per heavy atom. The Bertz CT molecular complexity index is 463. The van der Waals surface area contributed by atoms with Gasteiger partial charge in [0, 0.05) is 39.8 Å². The Hall–Kier alpha value is -1.30. The van der Waals surface area contributed by atoms with Crippen LogP contribution in [0, 0.1) is 5.41 Å². The minimum absolute atomic E-state index is 0.238. The summed E-state index contributed by atoms with van der Waals surface area (Å²) < 4.78 is 0. The largest absolute Gasteiger partial charge is 0.357 e. The monoisotopic (exact) mass is 365 g/mol. The number of hydrogen-bond donors (Lipinski definition) is 2. The number of nitrogens with zero attached hydrogens (tertiary/aromatic N) is 3. The molecule has 1 saturated heterocycles. The zero-order chi connectivity index (χ0) is 19.0. The summed E-state index contributed by atoms with van der Waals surface area (Å²) in [5, 5.41) is 6.99. The van der Waals surface area contributed by atoms with Gasteiger partial charge in [-0.2, -0.15) is 0 Å². The minimum Gasteiger partial charge on any atom is -0.357 e. The summed E-state index contributed by atoms with van der Waals surface area (Å²) in [6.07, 6.45) is 7.73. The molecule has 1 aliphatic heterocycles. The molecule has 0 aromatic heterocycles. The third-order valence-electron chi connectivity index (χ3n) is 5.77. The van der Waals surface area contributed by atoms with E-state index >= 15 is 0 Å². The molecule has 1 saturated carbocycles. The summed E-state index contributed by atoms with van der Waals surface area (Å²) in [7, 11) is 3.72. The van der Waals surface area contributed by atoms with Crippen molar-refractivity contribution in [3.63, 3.8) is 0 Å². The van der Waals surface area contributed by atoms with Gasteiger partial charge >= 0.3 is 0 Å². The van der Waals surface area contributed by atoms with Crippen molar-refractivity contribution in [2.45, 2.75) is 64.8 Å². The average Bonchev–Trinajstić information content (AvgIpc) is 3.11. The van der Waals surface area contributed by atoms with E-state index in [4.69, 9.17) is 4.99 Å². The van der Waals surface area contributed by atoms with Crippen LogP contribution in [0.3, 0.4) is 0 Å². The molecule has 0 aromatic rings. The van der Waals surface area contributed by atoms with Gasteiger partial charge in [0.15, 0.2) is 5.96 Å². The van der Waals surface area contributed by atoms with E-state index in [1.54, 1.807) is 4.90 Å². The van der Waals surface area contributed by atoms with Gasteiger partial charge in [-0.15, -0.1) is 0 Å². The highest BCUT2D eigenvalue weighted by molar-refractivity contribution is 5.84. The van der Waals surface area contributed by atoms with E-state index in [2.05, 4.69) is 29.4 Å². The number of guanidine groups is 1. The first-order chi connectivity index (χ1) is 12.5. The van der Waals surface area contributed by atoms with E-state index in [9.17, 15) is 4.79 Å². The standard InChI is InChI=1S/C20H39N5O/c1-5-13-25-14-9-17(10-15-25)23-19(21-6-2)22-16-20(11-7-8-12-20)18(26)24(3)4/h17H,5-16H2,1-4H3,(H2,21,22,23). The second-order valence-electron chi connectivity index (χ2n) is 8.14. The summed E-state index contributed by atoms with van der Waals surface area (Å²) in [5.74, 6) is 1.11. The van der Waals surface area contributed by atoms with E-state index in [-0.39, 0.29) is 11.3 Å². The maximum Gasteiger partial charge on any atom is 0.230 e. The number of rotatable bonds is 7. The lowest BCUT2D eigenvalue weighted by Crippen LogP contribution is -2.49. The van der Waals surface area contributed by atoms with Crippen molar-refractivity contribution < 1.29 is 4.79 Å². The highest BCUT2D eigenvalue weighted by atomic mass is 16.2. The molecule has 0 bridgehead atoms. The van der Waals surface area contributed by atoms with Crippen LogP contribution in [0.5, 0.6) is 0 Å². The van der Waals surface area contributed by atoms with Gasteiger partial charge in [0.1, 0.15) is 0 Å². The Morgan fingerprint density at radius 2 is 1.85 bits per heavy atom. The van der Waals surface area contributed by atoms with Crippen molar-refractivity contribution in [1.29, 1.82) is 0 Å². The molecule has 1 amide bonds. The number of piperidine rings is 1. The van der Waals surface area contributed by atoms with Crippen molar-refractivity contribution >= 4 is 11.9 Å². The van der Waals surface area contributed by atoms with Crippen LogP contribution < -0.4 is 10.6 Å². The average molecular weight is 366 g/mol. The van der Waals surface area contributed by atoms with Crippen molar-refractivity contribution in [3.8, 4) is 0 Å². The van der Waals surface area contributed by atoms with E-state index < -0.39 is 0 Å². The minimum atomic E-state index is -0.295. The second-order valence-corrected chi connectivity index (χ2v) is 8.14. The van der Waals surface area contributed by atoms with Crippen LogP contribution in [-0.2, 0) is 4.79 Å². The Kier molecular flexibility index (Phi) is 8.19. The van der Waals surface area contributed by atoms with Crippen LogP contribution >= 0.6 is 0 Å². The van der Waals surface area contributed by atoms with Crippen molar-refractivity contribution in [2.75, 3.05) is 46.8 Å². The fraction of sp³-hybridized carbons (Fsp3) is 0.900. The van der Waals surface area contributed by atoms with Gasteiger partial charge in [-0.25, -0.2) is 0 Å². The number of likely N-dealkylation sites (tertiary alicyclic amines) is 1. The quantitative estimate of drug-likeness (QED) is 0.536. The number of nitrogens with one attached hydrogen (secondary N) is 2. The molecule has 26 heavy (non-hydrogen) atoms. The molecule has 0 radical (unpaired) electrons. The second kappa shape index (κ2) is 10.1. The molecule has 2 N–H and O–H groups in total. The molecule has 6 heteroatoms. The Balaban J connectivity index is 1.96. The fourth-order valence-corrected chi connectivity index (χ4v) is 4.33. The van der Waals surface area contributed by atoms with Crippen LogP contribution in [0.4, 0.5) is 0 Å². The summed E-state index contributed by atoms with van der Waals surface area (Å²) in [6, 6.07) is 0.477. The zero-order valence-electron chi connectivity index (χ0n) is 17.3. The van der Waals surface area contributed by atoms with Gasteiger partial charge in [0.25, 0.3) is 0 Å². The first-order valence-corrected chi connectivity index (χ1v) is 10.5. The summed E-state index contributed by atoms with van der Waals surface area (Å²) >= 11 is 0. The maximum atomic E-state index is 12.7. The van der Waals surface area contributed by atoms with Gasteiger partial charge in [-0.05, 0) is 45.6 Å². The molecular weight excluding hydrogens is 326 g/mol. The molecule has 150 valence electrons. The first kappa shape index (κ1) is 21.0. The van der Waals surface area contributed by atoms with Crippen LogP contribution in [0.2, 0.25) is 0 Å². The summed E-state index contributed by atoms with van der Waals surface area (Å²) in [6.45, 7) is 9.30. The topological polar surface area (TPSA) is 60.0 Å². The van der Waals surface area contributed by atoms with E-state index in [0.717, 1.165) is 64.1 Å². The van der Waals surface area contributed by atoms with Crippen molar-refractivity contribution in [2.24, 2.45) is 10.4 Å². The normalized spacial score (nSPS) is 21.6. The third kappa shape index (κ3) is 5.60. The van der Waals surface area contributed by atoms with Crippen LogP contribution in [0.1, 0.15) is 58.8 Å². The van der Waals surface area contributed by atoms with Gasteiger partial charge in [0.05, 0.1) is 12.0 Å². The number of aliphatic imine (C=N–C) groups is 1. The van der Waals surface area contributed by atoms with E-state index in [1.165, 1.54) is 13.0 Å². The molecular formula is C20H39N5O. The highest BCUT2D eigenvalue weighted by Crippen LogP contribution is 2.39. The van der Waals surface area contributed by atoms with Crippen molar-refractivity contribution in [1.82, 2.24) is 20.4 Å². The lowest BCUT2D eigenvalue weighted by Gasteiger charge is -2.33. The van der Waals surface area contributed by atoms with Crippen molar-refractivity contribution in [3.05, 3.63) is 0 Å². The zero-order valence-corrected chi connectivity index (χ0v) is 17.3. The van der Waals surface area contributed by atoms with Gasteiger partial charge in [0.2, 0.25) is 5.91 Å². The molecule has 1 aliphatic carbocycles.